The summed E-state index contributed by atoms with van der Waals surface area (Å²) in [5.41, 5.74) is 9.17. The molecule has 0 bridgehead atoms. The van der Waals surface area contributed by atoms with Crippen molar-refractivity contribution in [1.82, 2.24) is 15.7 Å². The Morgan fingerprint density at radius 1 is 1.37 bits per heavy atom. The molecule has 0 saturated carbocycles. The minimum absolute atomic E-state index is 0.0750. The molecule has 1 aromatic carbocycles. The summed E-state index contributed by atoms with van der Waals surface area (Å²) in [7, 11) is 0. The number of hydrogen-bond acceptors (Lipinski definition) is 6. The molecule has 0 aliphatic rings. The molecule has 8 heteroatoms. The van der Waals surface area contributed by atoms with Crippen molar-refractivity contribution < 1.29 is 9.42 Å². The number of rotatable bonds is 3. The zero-order valence-corrected chi connectivity index (χ0v) is 11.5. The van der Waals surface area contributed by atoms with E-state index in [4.69, 9.17) is 5.73 Å². The third-order valence-corrected chi connectivity index (χ3v) is 2.84. The van der Waals surface area contributed by atoms with E-state index in [1.165, 1.54) is 0 Å². The first-order valence-corrected chi connectivity index (χ1v) is 6.06. The van der Waals surface area contributed by atoms with Gasteiger partial charge in [-0.1, -0.05) is 28.1 Å². The molecule has 0 saturated heterocycles. The van der Waals surface area contributed by atoms with E-state index in [-0.39, 0.29) is 11.5 Å². The van der Waals surface area contributed by atoms with Crippen LogP contribution in [0.3, 0.4) is 0 Å². The quantitative estimate of drug-likeness (QED) is 0.658. The van der Waals surface area contributed by atoms with Gasteiger partial charge in [-0.05, 0) is 34.9 Å². The number of anilines is 1. The summed E-state index contributed by atoms with van der Waals surface area (Å²) in [5, 5.41) is 10.6. The monoisotopic (exact) mass is 323 g/mol. The van der Waals surface area contributed by atoms with Gasteiger partial charge in [-0.25, -0.2) is 10.1 Å². The van der Waals surface area contributed by atoms with E-state index in [2.05, 4.69) is 41.4 Å². The van der Waals surface area contributed by atoms with Crippen molar-refractivity contribution in [1.29, 1.82) is 0 Å². The largest absolute Gasteiger partial charge is 0.379 e. The van der Waals surface area contributed by atoms with Crippen LogP contribution in [0.15, 0.2) is 38.5 Å². The molecule has 1 heterocycles. The summed E-state index contributed by atoms with van der Waals surface area (Å²) in [6, 6.07) is 7.52. The lowest BCUT2D eigenvalue weighted by Crippen LogP contribution is -2.20. The Balaban J connectivity index is 2.08. The maximum atomic E-state index is 11.6. The number of nitrogens with two attached hydrogens (primary N) is 1. The molecule has 0 unspecified atom stereocenters. The number of nitrogens with one attached hydrogen (secondary N) is 1. The van der Waals surface area contributed by atoms with Crippen molar-refractivity contribution in [2.75, 3.05) is 5.73 Å². The molecule has 0 atom stereocenters. The Hall–Kier alpha value is -2.22. The van der Waals surface area contributed by atoms with Crippen LogP contribution in [0.1, 0.15) is 23.0 Å². The average Bonchev–Trinajstić information content (AvgIpc) is 2.83. The second-order valence-corrected chi connectivity index (χ2v) is 4.56. The highest BCUT2D eigenvalue weighted by Crippen LogP contribution is 2.11. The van der Waals surface area contributed by atoms with Crippen molar-refractivity contribution >= 4 is 33.4 Å². The predicted molar refractivity (Wildman–Crippen MR) is 72.5 cm³/mol. The van der Waals surface area contributed by atoms with Crippen molar-refractivity contribution in [3.63, 3.8) is 0 Å². The number of amides is 1. The molecule has 2 aromatic rings. The van der Waals surface area contributed by atoms with E-state index in [1.807, 2.05) is 24.3 Å². The zero-order valence-electron chi connectivity index (χ0n) is 9.92. The van der Waals surface area contributed by atoms with Gasteiger partial charge in [0.15, 0.2) is 0 Å². The summed E-state index contributed by atoms with van der Waals surface area (Å²) in [6.45, 7) is 1.77. The highest BCUT2D eigenvalue weighted by atomic mass is 79.9. The van der Waals surface area contributed by atoms with Crippen molar-refractivity contribution in [3.05, 3.63) is 40.0 Å². The number of nitrogen functional groups attached to an aromatic ring is 1. The SMILES string of the molecule is C/C(=N\NC(=O)c1nonc1N)c1ccc(Br)cc1. The summed E-state index contributed by atoms with van der Waals surface area (Å²) in [6.07, 6.45) is 0. The van der Waals surface area contributed by atoms with Crippen LogP contribution in [0.25, 0.3) is 0 Å². The number of aromatic nitrogens is 2. The molecule has 7 nitrogen and oxygen atoms in total. The smallest absolute Gasteiger partial charge is 0.297 e. The van der Waals surface area contributed by atoms with Gasteiger partial charge in [-0.2, -0.15) is 5.10 Å². The molecule has 0 radical (unpaired) electrons. The van der Waals surface area contributed by atoms with Crippen LogP contribution in [-0.2, 0) is 0 Å². The van der Waals surface area contributed by atoms with Crippen molar-refractivity contribution in [2.24, 2.45) is 5.10 Å². The molecule has 0 spiro atoms. The fourth-order valence-electron chi connectivity index (χ4n) is 1.30. The van der Waals surface area contributed by atoms with Gasteiger partial charge in [-0.15, -0.1) is 0 Å². The summed E-state index contributed by atoms with van der Waals surface area (Å²) in [4.78, 5) is 11.6. The third-order valence-electron chi connectivity index (χ3n) is 2.32. The molecule has 2 rings (SSSR count). The molecule has 19 heavy (non-hydrogen) atoms. The van der Waals surface area contributed by atoms with E-state index < -0.39 is 5.91 Å². The topological polar surface area (TPSA) is 106 Å². The van der Waals surface area contributed by atoms with E-state index >= 15 is 0 Å². The fraction of sp³-hybridized carbons (Fsp3) is 0.0909. The molecular weight excluding hydrogens is 314 g/mol. The number of carbonyl (C=O) groups is 1. The van der Waals surface area contributed by atoms with Gasteiger partial charge >= 0.3 is 0 Å². The molecule has 1 aromatic heterocycles. The molecule has 3 N–H and O–H groups in total. The molecule has 1 amide bonds. The number of carbonyl (C=O) groups excluding carboxylic acids is 1. The van der Waals surface area contributed by atoms with E-state index in [0.717, 1.165) is 10.0 Å². The van der Waals surface area contributed by atoms with E-state index in [1.54, 1.807) is 6.92 Å². The van der Waals surface area contributed by atoms with Crippen LogP contribution in [0.5, 0.6) is 0 Å². The van der Waals surface area contributed by atoms with Crippen LogP contribution < -0.4 is 11.2 Å². The summed E-state index contributed by atoms with van der Waals surface area (Å²) < 4.78 is 5.30. The number of hydrazone groups is 1. The predicted octanol–water partition coefficient (Wildman–Crippen LogP) is 1.57. The summed E-state index contributed by atoms with van der Waals surface area (Å²) in [5.74, 6) is -0.649. The maximum absolute atomic E-state index is 11.6. The Morgan fingerprint density at radius 3 is 2.63 bits per heavy atom. The Kier molecular flexibility index (Phi) is 3.91. The third kappa shape index (κ3) is 3.16. The summed E-state index contributed by atoms with van der Waals surface area (Å²) >= 11 is 3.34. The van der Waals surface area contributed by atoms with E-state index in [0.29, 0.717) is 5.71 Å². The Labute approximate surface area is 117 Å². The number of nitrogens with zero attached hydrogens (tertiary/aromatic N) is 3. The molecule has 0 fully saturated rings. The van der Waals surface area contributed by atoms with Crippen LogP contribution >= 0.6 is 15.9 Å². The Morgan fingerprint density at radius 2 is 2.05 bits per heavy atom. The van der Waals surface area contributed by atoms with Crippen molar-refractivity contribution in [3.8, 4) is 0 Å². The van der Waals surface area contributed by atoms with Gasteiger partial charge in [-0.3, -0.25) is 4.79 Å². The van der Waals surface area contributed by atoms with E-state index in [9.17, 15) is 4.79 Å². The van der Waals surface area contributed by atoms with Gasteiger partial charge in [0.1, 0.15) is 0 Å². The van der Waals surface area contributed by atoms with Gasteiger partial charge in [0.05, 0.1) is 5.71 Å². The standard InChI is InChI=1S/C11H10BrN5O2/c1-6(7-2-4-8(12)5-3-7)14-15-11(18)9-10(13)17-19-16-9/h2-5H,1H3,(H2,13,17)(H,15,18)/b14-6+. The van der Waals surface area contributed by atoms with Gasteiger partial charge < -0.3 is 5.73 Å². The average molecular weight is 324 g/mol. The maximum Gasteiger partial charge on any atom is 0.297 e. The highest BCUT2D eigenvalue weighted by Gasteiger charge is 2.15. The molecule has 98 valence electrons. The van der Waals surface area contributed by atoms with Crippen molar-refractivity contribution in [2.45, 2.75) is 6.92 Å². The first-order valence-electron chi connectivity index (χ1n) is 5.26. The Bertz CT molecular complexity index is 620. The first-order chi connectivity index (χ1) is 9.08. The lowest BCUT2D eigenvalue weighted by molar-refractivity contribution is 0.0945. The molecular formula is C11H10BrN5O2. The van der Waals surface area contributed by atoms with Crippen LogP contribution in [0, 0.1) is 0 Å². The van der Waals surface area contributed by atoms with Crippen LogP contribution in [0.2, 0.25) is 0 Å². The normalized spacial score (nSPS) is 11.4. The first kappa shape index (κ1) is 13.2. The minimum atomic E-state index is -0.574. The highest BCUT2D eigenvalue weighted by molar-refractivity contribution is 9.10. The lowest BCUT2D eigenvalue weighted by Gasteiger charge is -2.01. The zero-order chi connectivity index (χ0) is 13.8. The molecule has 0 aliphatic carbocycles. The van der Waals surface area contributed by atoms with Gasteiger partial charge in [0.2, 0.25) is 11.5 Å². The number of hydrogen-bond donors (Lipinski definition) is 2. The van der Waals surface area contributed by atoms with Crippen LogP contribution in [0.4, 0.5) is 5.82 Å². The van der Waals surface area contributed by atoms with Gasteiger partial charge in [0, 0.05) is 4.47 Å². The second kappa shape index (κ2) is 5.61. The molecule has 0 aliphatic heterocycles. The minimum Gasteiger partial charge on any atom is -0.379 e. The number of benzene rings is 1. The lowest BCUT2D eigenvalue weighted by atomic mass is 10.1. The number of halogens is 1. The van der Waals surface area contributed by atoms with Crippen LogP contribution in [-0.4, -0.2) is 21.9 Å². The van der Waals surface area contributed by atoms with Gasteiger partial charge in [0.25, 0.3) is 5.91 Å². The fourth-order valence-corrected chi connectivity index (χ4v) is 1.56. The second-order valence-electron chi connectivity index (χ2n) is 3.64.